The van der Waals surface area contributed by atoms with Crippen LogP contribution in [-0.2, 0) is 10.0 Å². The molecule has 0 aromatic heterocycles. The molecule has 6 heteroatoms. The molecule has 1 heterocycles. The van der Waals surface area contributed by atoms with Crippen LogP contribution in [0.15, 0.2) is 0 Å². The third-order valence-electron chi connectivity index (χ3n) is 2.71. The molecule has 1 saturated heterocycles. The van der Waals surface area contributed by atoms with E-state index in [1.54, 1.807) is 4.31 Å². The standard InChI is InChI=1S/C11H24N2O2S2/c1-11(2)12-5-3-10-17(14,15)13-6-4-8-16-9-7-13/h11-12H,3-10H2,1-2H3. The molecular weight excluding hydrogens is 256 g/mol. The van der Waals surface area contributed by atoms with Crippen LogP contribution in [0.4, 0.5) is 0 Å². The monoisotopic (exact) mass is 280 g/mol. The van der Waals surface area contributed by atoms with Gasteiger partial charge in [-0.15, -0.1) is 0 Å². The van der Waals surface area contributed by atoms with E-state index in [0.29, 0.717) is 25.6 Å². The Kier molecular flexibility index (Phi) is 6.84. The molecule has 1 aliphatic heterocycles. The van der Waals surface area contributed by atoms with Crippen LogP contribution in [0.2, 0.25) is 0 Å². The van der Waals surface area contributed by atoms with Crippen LogP contribution in [0.25, 0.3) is 0 Å². The Morgan fingerprint density at radius 2 is 2.06 bits per heavy atom. The Morgan fingerprint density at radius 3 is 2.76 bits per heavy atom. The molecule has 0 saturated carbocycles. The fourth-order valence-corrected chi connectivity index (χ4v) is 4.32. The first kappa shape index (κ1) is 15.3. The molecule has 0 bridgehead atoms. The first-order valence-electron chi connectivity index (χ1n) is 6.31. The smallest absolute Gasteiger partial charge is 0.214 e. The van der Waals surface area contributed by atoms with E-state index in [2.05, 4.69) is 19.2 Å². The number of sulfonamides is 1. The van der Waals surface area contributed by atoms with Crippen molar-refractivity contribution in [2.75, 3.05) is 36.9 Å². The predicted octanol–water partition coefficient (Wildman–Crippen LogP) is 1.14. The lowest BCUT2D eigenvalue weighted by atomic mass is 10.4. The summed E-state index contributed by atoms with van der Waals surface area (Å²) in [6.07, 6.45) is 1.68. The normalized spacial score (nSPS) is 19.5. The Balaban J connectivity index is 2.33. The van der Waals surface area contributed by atoms with Gasteiger partial charge in [0, 0.05) is 24.9 Å². The zero-order chi connectivity index (χ0) is 12.7. The molecule has 17 heavy (non-hydrogen) atoms. The second-order valence-electron chi connectivity index (χ2n) is 4.64. The first-order valence-corrected chi connectivity index (χ1v) is 9.08. The highest BCUT2D eigenvalue weighted by molar-refractivity contribution is 7.99. The number of nitrogens with zero attached hydrogens (tertiary/aromatic N) is 1. The van der Waals surface area contributed by atoms with Gasteiger partial charge in [-0.25, -0.2) is 12.7 Å². The second-order valence-corrected chi connectivity index (χ2v) is 7.96. The van der Waals surface area contributed by atoms with Gasteiger partial charge in [0.25, 0.3) is 0 Å². The van der Waals surface area contributed by atoms with Crippen molar-refractivity contribution in [1.29, 1.82) is 0 Å². The maximum Gasteiger partial charge on any atom is 0.214 e. The summed E-state index contributed by atoms with van der Waals surface area (Å²) >= 11 is 1.85. The molecule has 1 rings (SSSR count). The molecule has 1 N–H and O–H groups in total. The Labute approximate surface area is 110 Å². The molecular formula is C11H24N2O2S2. The third kappa shape index (κ3) is 6.08. The van der Waals surface area contributed by atoms with E-state index < -0.39 is 10.0 Å². The van der Waals surface area contributed by atoms with Crippen LogP contribution in [0, 0.1) is 0 Å². The number of hydrogen-bond acceptors (Lipinski definition) is 4. The zero-order valence-electron chi connectivity index (χ0n) is 10.8. The Morgan fingerprint density at radius 1 is 1.29 bits per heavy atom. The molecule has 0 atom stereocenters. The lowest BCUT2D eigenvalue weighted by molar-refractivity contribution is 0.433. The Bertz CT molecular complexity index is 297. The molecule has 0 unspecified atom stereocenters. The number of rotatable bonds is 6. The van der Waals surface area contributed by atoms with E-state index in [4.69, 9.17) is 0 Å². The molecule has 0 radical (unpaired) electrons. The van der Waals surface area contributed by atoms with Gasteiger partial charge in [0.1, 0.15) is 0 Å². The molecule has 102 valence electrons. The summed E-state index contributed by atoms with van der Waals surface area (Å²) in [5.74, 6) is 2.29. The van der Waals surface area contributed by atoms with Gasteiger partial charge in [0.05, 0.1) is 5.75 Å². The molecule has 4 nitrogen and oxygen atoms in total. The molecule has 0 spiro atoms. The van der Waals surface area contributed by atoms with Crippen LogP contribution in [0.3, 0.4) is 0 Å². The van der Waals surface area contributed by atoms with E-state index in [1.165, 1.54) is 0 Å². The van der Waals surface area contributed by atoms with Crippen molar-refractivity contribution in [3.8, 4) is 0 Å². The summed E-state index contributed by atoms with van der Waals surface area (Å²) in [5, 5.41) is 3.25. The van der Waals surface area contributed by atoms with E-state index in [1.807, 2.05) is 11.8 Å². The summed E-state index contributed by atoms with van der Waals surface area (Å²) in [5.41, 5.74) is 0. The van der Waals surface area contributed by atoms with Crippen molar-refractivity contribution in [3.63, 3.8) is 0 Å². The van der Waals surface area contributed by atoms with Gasteiger partial charge in [-0.3, -0.25) is 0 Å². The topological polar surface area (TPSA) is 49.4 Å². The van der Waals surface area contributed by atoms with Gasteiger partial charge in [-0.05, 0) is 25.1 Å². The van der Waals surface area contributed by atoms with Crippen LogP contribution in [0.1, 0.15) is 26.7 Å². The average molecular weight is 280 g/mol. The minimum absolute atomic E-state index is 0.275. The van der Waals surface area contributed by atoms with Crippen molar-refractivity contribution in [1.82, 2.24) is 9.62 Å². The van der Waals surface area contributed by atoms with Crippen LogP contribution >= 0.6 is 11.8 Å². The summed E-state index contributed by atoms with van der Waals surface area (Å²) in [7, 11) is -3.02. The summed E-state index contributed by atoms with van der Waals surface area (Å²) in [4.78, 5) is 0. The van der Waals surface area contributed by atoms with Crippen LogP contribution < -0.4 is 5.32 Å². The maximum atomic E-state index is 12.1. The largest absolute Gasteiger partial charge is 0.314 e. The third-order valence-corrected chi connectivity index (χ3v) is 5.71. The first-order chi connectivity index (χ1) is 8.02. The van der Waals surface area contributed by atoms with Crippen LogP contribution in [-0.4, -0.2) is 55.7 Å². The Hall–Kier alpha value is 0.220. The highest BCUT2D eigenvalue weighted by atomic mass is 32.2. The maximum absolute atomic E-state index is 12.1. The fourth-order valence-electron chi connectivity index (χ4n) is 1.78. The lowest BCUT2D eigenvalue weighted by Crippen LogP contribution is -2.36. The van der Waals surface area contributed by atoms with Gasteiger partial charge in [0.2, 0.25) is 10.0 Å². The lowest BCUT2D eigenvalue weighted by Gasteiger charge is -2.19. The summed E-state index contributed by atoms with van der Waals surface area (Å²) in [6, 6.07) is 0.423. The average Bonchev–Trinajstić information content (AvgIpc) is 2.53. The van der Waals surface area contributed by atoms with Crippen LogP contribution in [0.5, 0.6) is 0 Å². The minimum Gasteiger partial charge on any atom is -0.314 e. The van der Waals surface area contributed by atoms with Gasteiger partial charge < -0.3 is 5.32 Å². The van der Waals surface area contributed by atoms with Crippen molar-refractivity contribution in [3.05, 3.63) is 0 Å². The van der Waals surface area contributed by atoms with Crippen molar-refractivity contribution in [2.45, 2.75) is 32.7 Å². The fraction of sp³-hybridized carbons (Fsp3) is 1.00. The zero-order valence-corrected chi connectivity index (χ0v) is 12.4. The van der Waals surface area contributed by atoms with Gasteiger partial charge in [0.15, 0.2) is 0 Å². The summed E-state index contributed by atoms with van der Waals surface area (Å²) < 4.78 is 25.8. The SMILES string of the molecule is CC(C)NCCCS(=O)(=O)N1CCCSCC1. The number of thioether (sulfide) groups is 1. The highest BCUT2D eigenvalue weighted by Gasteiger charge is 2.22. The molecule has 0 aromatic rings. The molecule has 1 fully saturated rings. The minimum atomic E-state index is -3.02. The summed E-state index contributed by atoms with van der Waals surface area (Å²) in [6.45, 7) is 6.30. The predicted molar refractivity (Wildman–Crippen MR) is 75.1 cm³/mol. The molecule has 0 amide bonds. The second kappa shape index (κ2) is 7.61. The van der Waals surface area contributed by atoms with E-state index in [-0.39, 0.29) is 5.75 Å². The van der Waals surface area contributed by atoms with E-state index in [9.17, 15) is 8.42 Å². The van der Waals surface area contributed by atoms with E-state index >= 15 is 0 Å². The van der Waals surface area contributed by atoms with Gasteiger partial charge in [-0.2, -0.15) is 11.8 Å². The molecule has 1 aliphatic rings. The molecule has 0 aliphatic carbocycles. The van der Waals surface area contributed by atoms with Crippen molar-refractivity contribution >= 4 is 21.8 Å². The number of nitrogens with one attached hydrogen (secondary N) is 1. The van der Waals surface area contributed by atoms with E-state index in [0.717, 1.165) is 24.5 Å². The highest BCUT2D eigenvalue weighted by Crippen LogP contribution is 2.13. The van der Waals surface area contributed by atoms with Crippen molar-refractivity contribution < 1.29 is 8.42 Å². The van der Waals surface area contributed by atoms with Gasteiger partial charge in [-0.1, -0.05) is 13.8 Å². The molecule has 0 aromatic carbocycles. The number of hydrogen-bond donors (Lipinski definition) is 1. The quantitative estimate of drug-likeness (QED) is 0.741. The van der Waals surface area contributed by atoms with Crippen molar-refractivity contribution in [2.24, 2.45) is 0 Å². The van der Waals surface area contributed by atoms with Gasteiger partial charge >= 0.3 is 0 Å².